The van der Waals surface area contributed by atoms with Gasteiger partial charge in [0.25, 0.3) is 5.91 Å². The second-order valence-electron chi connectivity index (χ2n) is 9.53. The van der Waals surface area contributed by atoms with Gasteiger partial charge in [-0.15, -0.1) is 0 Å². The molecule has 1 aliphatic heterocycles. The fourth-order valence-electron chi connectivity index (χ4n) is 4.94. The molecule has 2 aromatic carbocycles. The number of anilines is 1. The Morgan fingerprint density at radius 3 is 2.77 bits per heavy atom. The molecule has 2 N–H and O–H groups in total. The summed E-state index contributed by atoms with van der Waals surface area (Å²) in [6.45, 7) is 0.543. The van der Waals surface area contributed by atoms with E-state index in [0.717, 1.165) is 17.3 Å². The molecule has 5 rings (SSSR count). The largest absolute Gasteiger partial charge is 0.481 e. The minimum Gasteiger partial charge on any atom is -0.481 e. The lowest BCUT2D eigenvalue weighted by Crippen LogP contribution is -2.32. The molecule has 11 heteroatoms. The number of benzene rings is 2. The molecule has 39 heavy (non-hydrogen) atoms. The molecule has 0 aliphatic carbocycles. The van der Waals surface area contributed by atoms with Gasteiger partial charge in [-0.2, -0.15) is 0 Å². The zero-order valence-corrected chi connectivity index (χ0v) is 22.6. The van der Waals surface area contributed by atoms with Crippen molar-refractivity contribution in [1.82, 2.24) is 14.5 Å². The minimum atomic E-state index is -0.916. The number of amides is 2. The smallest absolute Gasteiger partial charge is 0.303 e. The Labute approximate surface area is 234 Å². The number of hydrogen-bond acceptors (Lipinski definition) is 5. The average Bonchev–Trinajstić information content (AvgIpc) is 3.64. The lowest BCUT2D eigenvalue weighted by molar-refractivity contribution is -0.137. The monoisotopic (exact) mass is 568 g/mol. The van der Waals surface area contributed by atoms with Gasteiger partial charge in [-0.05, 0) is 36.6 Å². The molecule has 1 saturated heterocycles. The highest BCUT2D eigenvalue weighted by molar-refractivity contribution is 6.36. The van der Waals surface area contributed by atoms with Crippen LogP contribution in [-0.4, -0.2) is 43.9 Å². The molecule has 4 aromatic rings. The number of likely N-dealkylation sites (tertiary alicyclic amines) is 1. The van der Waals surface area contributed by atoms with Gasteiger partial charge < -0.3 is 24.3 Å². The van der Waals surface area contributed by atoms with Gasteiger partial charge in [0, 0.05) is 42.1 Å². The van der Waals surface area contributed by atoms with Gasteiger partial charge in [0.2, 0.25) is 11.8 Å². The van der Waals surface area contributed by atoms with Gasteiger partial charge in [-0.25, -0.2) is 4.98 Å². The van der Waals surface area contributed by atoms with Crippen molar-refractivity contribution in [3.8, 4) is 0 Å². The van der Waals surface area contributed by atoms with Crippen molar-refractivity contribution in [3.63, 3.8) is 0 Å². The number of carbonyl (C=O) groups excluding carboxylic acids is 2. The number of nitrogens with zero attached hydrogens (tertiary/aromatic N) is 3. The molecule has 202 valence electrons. The van der Waals surface area contributed by atoms with Crippen LogP contribution in [-0.2, 0) is 29.5 Å². The SMILES string of the molecule is Cn1cc(C(=O)Nc2cc(Cl)c(CC(=O)N3CCC[C@H]3c3ncc(CCC(=O)O)o3)cc2Cl)c2ccccc21. The van der Waals surface area contributed by atoms with Gasteiger partial charge in [-0.3, -0.25) is 14.4 Å². The van der Waals surface area contributed by atoms with Crippen molar-refractivity contribution in [2.75, 3.05) is 11.9 Å². The minimum absolute atomic E-state index is 0.0131. The number of carboxylic acids is 1. The zero-order chi connectivity index (χ0) is 27.7. The highest BCUT2D eigenvalue weighted by Crippen LogP contribution is 2.35. The number of rotatable bonds is 8. The Morgan fingerprint density at radius 1 is 1.18 bits per heavy atom. The second-order valence-corrected chi connectivity index (χ2v) is 10.3. The zero-order valence-electron chi connectivity index (χ0n) is 21.1. The lowest BCUT2D eigenvalue weighted by atomic mass is 10.1. The summed E-state index contributed by atoms with van der Waals surface area (Å²) in [6.07, 6.45) is 4.95. The predicted octanol–water partition coefficient (Wildman–Crippen LogP) is 5.65. The van der Waals surface area contributed by atoms with E-state index in [4.69, 9.17) is 32.7 Å². The molecule has 1 aliphatic rings. The van der Waals surface area contributed by atoms with Gasteiger partial charge in [0.1, 0.15) is 11.8 Å². The summed E-state index contributed by atoms with van der Waals surface area (Å²) >= 11 is 13.0. The molecule has 2 amide bonds. The predicted molar refractivity (Wildman–Crippen MR) is 147 cm³/mol. The normalized spacial score (nSPS) is 15.2. The maximum absolute atomic E-state index is 13.3. The Kier molecular flexibility index (Phi) is 7.63. The molecule has 0 spiro atoms. The Bertz CT molecular complexity index is 1580. The van der Waals surface area contributed by atoms with Crippen LogP contribution >= 0.6 is 23.2 Å². The van der Waals surface area contributed by atoms with E-state index in [0.29, 0.717) is 46.5 Å². The van der Waals surface area contributed by atoms with Crippen LogP contribution in [0.4, 0.5) is 5.69 Å². The molecule has 0 bridgehead atoms. The van der Waals surface area contributed by atoms with Crippen LogP contribution in [0.5, 0.6) is 0 Å². The highest BCUT2D eigenvalue weighted by Gasteiger charge is 2.33. The highest BCUT2D eigenvalue weighted by atomic mass is 35.5. The first-order valence-electron chi connectivity index (χ1n) is 12.5. The Balaban J connectivity index is 1.28. The number of para-hydroxylation sites is 1. The van der Waals surface area contributed by atoms with E-state index in [2.05, 4.69) is 10.3 Å². The van der Waals surface area contributed by atoms with Crippen LogP contribution in [0.1, 0.15) is 52.9 Å². The van der Waals surface area contributed by atoms with Gasteiger partial charge >= 0.3 is 5.97 Å². The van der Waals surface area contributed by atoms with E-state index in [1.54, 1.807) is 23.2 Å². The Morgan fingerprint density at radius 2 is 1.97 bits per heavy atom. The summed E-state index contributed by atoms with van der Waals surface area (Å²) in [6, 6.07) is 10.4. The van der Waals surface area contributed by atoms with Crippen molar-refractivity contribution >= 4 is 57.6 Å². The maximum atomic E-state index is 13.3. The molecule has 3 heterocycles. The van der Waals surface area contributed by atoms with Crippen molar-refractivity contribution in [1.29, 1.82) is 0 Å². The third-order valence-corrected chi connectivity index (χ3v) is 7.55. The molecule has 0 radical (unpaired) electrons. The molecular formula is C28H26Cl2N4O5. The van der Waals surface area contributed by atoms with E-state index < -0.39 is 5.97 Å². The molecule has 1 fully saturated rings. The maximum Gasteiger partial charge on any atom is 0.303 e. The van der Waals surface area contributed by atoms with E-state index >= 15 is 0 Å². The first-order chi connectivity index (χ1) is 18.7. The molecule has 1 atom stereocenters. The number of aryl methyl sites for hydroxylation is 2. The van der Waals surface area contributed by atoms with E-state index in [1.807, 2.05) is 35.9 Å². The van der Waals surface area contributed by atoms with Crippen molar-refractivity contribution in [2.45, 2.75) is 38.1 Å². The summed E-state index contributed by atoms with van der Waals surface area (Å²) in [7, 11) is 1.88. The number of oxazole rings is 1. The summed E-state index contributed by atoms with van der Waals surface area (Å²) in [5.41, 5.74) is 2.33. The Hall–Kier alpha value is -3.82. The van der Waals surface area contributed by atoms with E-state index in [9.17, 15) is 14.4 Å². The van der Waals surface area contributed by atoms with Crippen LogP contribution in [0, 0.1) is 0 Å². The summed E-state index contributed by atoms with van der Waals surface area (Å²) in [5, 5.41) is 13.1. The summed E-state index contributed by atoms with van der Waals surface area (Å²) in [4.78, 5) is 43.1. The molecule has 0 saturated carbocycles. The standard InChI is InChI=1S/C28H26Cl2N4O5/c1-33-15-19(18-5-2-3-6-23(18)33)27(38)32-22-13-20(29)16(11-21(22)30)12-25(35)34-10-4-7-24(34)28-31-14-17(39-28)8-9-26(36)37/h2-3,5-6,11,13-15,24H,4,7-10,12H2,1H3,(H,32,38)(H,36,37)/t24-/m0/s1. The fourth-order valence-corrected chi connectivity index (χ4v) is 5.40. The van der Waals surface area contributed by atoms with E-state index in [-0.39, 0.29) is 42.1 Å². The fraction of sp³-hybridized carbons (Fsp3) is 0.286. The summed E-state index contributed by atoms with van der Waals surface area (Å²) in [5.74, 6) is -0.518. The van der Waals surface area contributed by atoms with Crippen molar-refractivity contribution < 1.29 is 23.9 Å². The molecule has 9 nitrogen and oxygen atoms in total. The number of hydrogen-bond donors (Lipinski definition) is 2. The van der Waals surface area contributed by atoms with Crippen molar-refractivity contribution in [2.24, 2.45) is 7.05 Å². The number of nitrogens with one attached hydrogen (secondary N) is 1. The topological polar surface area (TPSA) is 118 Å². The first-order valence-corrected chi connectivity index (χ1v) is 13.3. The number of carboxylic acid groups (broad SMARTS) is 1. The molecule has 0 unspecified atom stereocenters. The number of aliphatic carboxylic acids is 1. The van der Waals surface area contributed by atoms with Gasteiger partial charge in [0.15, 0.2) is 0 Å². The average molecular weight is 569 g/mol. The third-order valence-electron chi connectivity index (χ3n) is 6.88. The van der Waals surface area contributed by atoms with Crippen LogP contribution < -0.4 is 5.32 Å². The van der Waals surface area contributed by atoms with Crippen LogP contribution in [0.25, 0.3) is 10.9 Å². The van der Waals surface area contributed by atoms with Gasteiger partial charge in [0.05, 0.1) is 35.3 Å². The molecule has 2 aromatic heterocycles. The van der Waals surface area contributed by atoms with Crippen LogP contribution in [0.15, 0.2) is 53.2 Å². The number of halogens is 2. The van der Waals surface area contributed by atoms with E-state index in [1.165, 1.54) is 6.20 Å². The van der Waals surface area contributed by atoms with Crippen LogP contribution in [0.3, 0.4) is 0 Å². The van der Waals surface area contributed by atoms with Gasteiger partial charge in [-0.1, -0.05) is 41.4 Å². The quantitative estimate of drug-likeness (QED) is 0.283. The number of fused-ring (bicyclic) bond motifs is 1. The third kappa shape index (κ3) is 5.65. The lowest BCUT2D eigenvalue weighted by Gasteiger charge is -2.23. The number of carbonyl (C=O) groups is 3. The van der Waals surface area contributed by atoms with Crippen LogP contribution in [0.2, 0.25) is 10.0 Å². The first kappa shape index (κ1) is 26.8. The second kappa shape index (κ2) is 11.1. The molecular weight excluding hydrogens is 543 g/mol. The summed E-state index contributed by atoms with van der Waals surface area (Å²) < 4.78 is 7.63. The van der Waals surface area contributed by atoms with Crippen molar-refractivity contribution in [3.05, 3.63) is 81.6 Å². The number of aromatic nitrogens is 2.